The summed E-state index contributed by atoms with van der Waals surface area (Å²) >= 11 is 0. The predicted octanol–water partition coefficient (Wildman–Crippen LogP) is 0.654. The van der Waals surface area contributed by atoms with Gasteiger partial charge < -0.3 is 14.8 Å². The zero-order chi connectivity index (χ0) is 22.9. The third-order valence-corrected chi connectivity index (χ3v) is 5.38. The molecule has 10 heteroatoms. The summed E-state index contributed by atoms with van der Waals surface area (Å²) < 4.78 is 3.66. The second-order valence-electron chi connectivity index (χ2n) is 7.46. The molecule has 1 aromatic carbocycles. The van der Waals surface area contributed by atoms with E-state index in [0.29, 0.717) is 5.69 Å². The van der Waals surface area contributed by atoms with Crippen LogP contribution in [0.1, 0.15) is 25.5 Å². The molecule has 0 radical (unpaired) electrons. The van der Waals surface area contributed by atoms with Crippen molar-refractivity contribution in [3.05, 3.63) is 57.0 Å². The fourth-order valence-electron chi connectivity index (χ4n) is 3.53. The van der Waals surface area contributed by atoms with Gasteiger partial charge in [0.05, 0.1) is 12.9 Å². The highest BCUT2D eigenvalue weighted by atomic mass is 16.2. The van der Waals surface area contributed by atoms with Crippen LogP contribution in [0.5, 0.6) is 0 Å². The minimum absolute atomic E-state index is 0.148. The molecule has 1 unspecified atom stereocenters. The van der Waals surface area contributed by atoms with Gasteiger partial charge in [-0.25, -0.2) is 9.78 Å². The zero-order valence-corrected chi connectivity index (χ0v) is 18.2. The molecule has 2 aromatic heterocycles. The number of anilines is 1. The Balaban J connectivity index is 1.81. The highest BCUT2D eigenvalue weighted by Crippen LogP contribution is 2.17. The van der Waals surface area contributed by atoms with Gasteiger partial charge >= 0.3 is 5.69 Å². The zero-order valence-electron chi connectivity index (χ0n) is 18.2. The number of rotatable bonds is 6. The first-order valence-corrected chi connectivity index (χ1v) is 9.92. The summed E-state index contributed by atoms with van der Waals surface area (Å²) in [5, 5.41) is 2.84. The molecule has 0 aliphatic heterocycles. The van der Waals surface area contributed by atoms with Gasteiger partial charge in [-0.15, -0.1) is 0 Å². The second kappa shape index (κ2) is 8.58. The topological polar surface area (TPSA) is 111 Å². The maximum absolute atomic E-state index is 13.0. The predicted molar refractivity (Wildman–Crippen MR) is 117 cm³/mol. The van der Waals surface area contributed by atoms with Crippen molar-refractivity contribution in [3.8, 4) is 0 Å². The third kappa shape index (κ3) is 4.00. The monoisotopic (exact) mass is 426 g/mol. The van der Waals surface area contributed by atoms with E-state index in [1.165, 1.54) is 41.5 Å². The van der Waals surface area contributed by atoms with E-state index in [0.717, 1.165) is 16.6 Å². The van der Waals surface area contributed by atoms with Crippen molar-refractivity contribution in [2.45, 2.75) is 26.3 Å². The van der Waals surface area contributed by atoms with Crippen LogP contribution in [-0.2, 0) is 30.1 Å². The lowest BCUT2D eigenvalue weighted by Gasteiger charge is -2.22. The maximum Gasteiger partial charge on any atom is 0.332 e. The molecule has 0 aliphatic carbocycles. The number of imidazole rings is 1. The molecule has 0 spiro atoms. The lowest BCUT2D eigenvalue weighted by molar-refractivity contribution is -0.135. The third-order valence-electron chi connectivity index (χ3n) is 5.38. The van der Waals surface area contributed by atoms with E-state index in [9.17, 15) is 19.2 Å². The minimum atomic E-state index is -0.795. The van der Waals surface area contributed by atoms with Gasteiger partial charge in [-0.1, -0.05) is 25.1 Å². The number of para-hydroxylation sites is 1. The summed E-state index contributed by atoms with van der Waals surface area (Å²) in [6.07, 6.45) is 2.13. The number of nitrogens with zero attached hydrogens (tertiary/aromatic N) is 5. The van der Waals surface area contributed by atoms with Gasteiger partial charge in [0.1, 0.15) is 6.04 Å². The summed E-state index contributed by atoms with van der Waals surface area (Å²) in [4.78, 5) is 55.6. The second-order valence-corrected chi connectivity index (χ2v) is 7.46. The molecule has 10 nitrogen and oxygen atoms in total. The number of likely N-dealkylation sites (N-methyl/N-ethyl adjacent to an activating group) is 1. The number of aromatic nitrogens is 4. The molecule has 3 rings (SSSR count). The van der Waals surface area contributed by atoms with Crippen LogP contribution in [0.2, 0.25) is 0 Å². The number of carbonyl (C=O) groups is 2. The van der Waals surface area contributed by atoms with Crippen LogP contribution in [0.25, 0.3) is 11.2 Å². The summed E-state index contributed by atoms with van der Waals surface area (Å²) in [5.41, 5.74) is 1.04. The highest BCUT2D eigenvalue weighted by molar-refractivity contribution is 5.95. The molecular weight excluding hydrogens is 400 g/mol. The largest absolute Gasteiger partial charge is 0.335 e. The average molecular weight is 426 g/mol. The van der Waals surface area contributed by atoms with Crippen molar-refractivity contribution in [2.75, 3.05) is 18.9 Å². The van der Waals surface area contributed by atoms with Gasteiger partial charge in [0.25, 0.3) is 5.56 Å². The standard InChI is InChI=1S/C21H26N6O4/c1-6-14-9-7-8-10-15(14)23-16(28)11-24(3)19(29)13(2)27-12-22-18-17(27)20(30)26(5)21(31)25(18)4/h7-10,12-13H,6,11H2,1-5H3,(H,23,28). The first-order chi connectivity index (χ1) is 14.7. The maximum atomic E-state index is 13.0. The smallest absolute Gasteiger partial charge is 0.332 e. The number of carbonyl (C=O) groups excluding carboxylic acids is 2. The summed E-state index contributed by atoms with van der Waals surface area (Å²) in [6, 6.07) is 6.70. The molecular formula is C21H26N6O4. The van der Waals surface area contributed by atoms with Gasteiger partial charge in [0.15, 0.2) is 11.2 Å². The van der Waals surface area contributed by atoms with E-state index in [1.807, 2.05) is 31.2 Å². The van der Waals surface area contributed by atoms with Crippen LogP contribution in [0.3, 0.4) is 0 Å². The first-order valence-electron chi connectivity index (χ1n) is 9.92. The SMILES string of the molecule is CCc1ccccc1NC(=O)CN(C)C(=O)C(C)n1cnc2c1c(=O)n(C)c(=O)n2C. The van der Waals surface area contributed by atoms with Crippen molar-refractivity contribution >= 4 is 28.7 Å². The van der Waals surface area contributed by atoms with Gasteiger partial charge in [-0.3, -0.25) is 23.5 Å². The molecule has 164 valence electrons. The van der Waals surface area contributed by atoms with Crippen LogP contribution in [0.15, 0.2) is 40.2 Å². The van der Waals surface area contributed by atoms with E-state index in [2.05, 4.69) is 10.3 Å². The highest BCUT2D eigenvalue weighted by Gasteiger charge is 2.25. The molecule has 2 heterocycles. The van der Waals surface area contributed by atoms with Crippen molar-refractivity contribution in [3.63, 3.8) is 0 Å². The van der Waals surface area contributed by atoms with Crippen molar-refractivity contribution < 1.29 is 9.59 Å². The molecule has 0 bridgehead atoms. The average Bonchev–Trinajstić information content (AvgIpc) is 3.20. The van der Waals surface area contributed by atoms with Crippen LogP contribution >= 0.6 is 0 Å². The Labute approximate surface area is 178 Å². The molecule has 1 N–H and O–H groups in total. The molecule has 0 saturated heterocycles. The Morgan fingerprint density at radius 3 is 2.52 bits per heavy atom. The Morgan fingerprint density at radius 1 is 1.16 bits per heavy atom. The van der Waals surface area contributed by atoms with Crippen LogP contribution < -0.4 is 16.6 Å². The molecule has 0 saturated carbocycles. The van der Waals surface area contributed by atoms with E-state index >= 15 is 0 Å². The Morgan fingerprint density at radius 2 is 1.84 bits per heavy atom. The van der Waals surface area contributed by atoms with E-state index < -0.39 is 17.3 Å². The van der Waals surface area contributed by atoms with Crippen LogP contribution in [-0.4, -0.2) is 49.0 Å². The van der Waals surface area contributed by atoms with E-state index in [-0.39, 0.29) is 29.5 Å². The Bertz CT molecular complexity index is 1270. The normalized spacial score (nSPS) is 12.0. The number of aryl methyl sites for hydroxylation is 2. The lowest BCUT2D eigenvalue weighted by Crippen LogP contribution is -2.40. The first kappa shape index (κ1) is 22.0. The quantitative estimate of drug-likeness (QED) is 0.622. The van der Waals surface area contributed by atoms with E-state index in [1.54, 1.807) is 6.92 Å². The summed E-state index contributed by atoms with van der Waals surface area (Å²) in [5.74, 6) is -0.688. The van der Waals surface area contributed by atoms with Crippen molar-refractivity contribution in [2.24, 2.45) is 14.1 Å². The number of fused-ring (bicyclic) bond motifs is 1. The van der Waals surface area contributed by atoms with Crippen molar-refractivity contribution in [1.82, 2.24) is 23.6 Å². The van der Waals surface area contributed by atoms with Gasteiger partial charge in [-0.05, 0) is 25.0 Å². The number of hydrogen-bond acceptors (Lipinski definition) is 5. The fourth-order valence-corrected chi connectivity index (χ4v) is 3.53. The fraction of sp³-hybridized carbons (Fsp3) is 0.381. The van der Waals surface area contributed by atoms with E-state index in [4.69, 9.17) is 0 Å². The molecule has 2 amide bonds. The van der Waals surface area contributed by atoms with Crippen LogP contribution in [0.4, 0.5) is 5.69 Å². The lowest BCUT2D eigenvalue weighted by atomic mass is 10.1. The van der Waals surface area contributed by atoms with Gasteiger partial charge in [0.2, 0.25) is 11.8 Å². The number of hydrogen-bond donors (Lipinski definition) is 1. The molecule has 31 heavy (non-hydrogen) atoms. The Hall–Kier alpha value is -3.69. The minimum Gasteiger partial charge on any atom is -0.335 e. The van der Waals surface area contributed by atoms with Crippen molar-refractivity contribution in [1.29, 1.82) is 0 Å². The van der Waals surface area contributed by atoms with Gasteiger partial charge in [-0.2, -0.15) is 0 Å². The number of amides is 2. The number of benzene rings is 1. The molecule has 0 aliphatic rings. The Kier molecular flexibility index (Phi) is 6.09. The summed E-state index contributed by atoms with van der Waals surface area (Å²) in [7, 11) is 4.41. The van der Waals surface area contributed by atoms with Crippen LogP contribution in [0, 0.1) is 0 Å². The molecule has 1 atom stereocenters. The molecule has 0 fully saturated rings. The molecule has 3 aromatic rings. The van der Waals surface area contributed by atoms with Gasteiger partial charge in [0, 0.05) is 26.8 Å². The number of nitrogens with one attached hydrogen (secondary N) is 1. The summed E-state index contributed by atoms with van der Waals surface area (Å²) in [6.45, 7) is 3.47.